The minimum atomic E-state index is -0.398. The fourth-order valence-electron chi connectivity index (χ4n) is 3.60. The van der Waals surface area contributed by atoms with E-state index in [1.54, 1.807) is 20.2 Å². The molecule has 0 saturated carbocycles. The molecule has 0 bridgehead atoms. The molecule has 8 heteroatoms. The second-order valence-electron chi connectivity index (χ2n) is 7.12. The molecule has 0 radical (unpaired) electrons. The van der Waals surface area contributed by atoms with Gasteiger partial charge in [-0.1, -0.05) is 24.3 Å². The summed E-state index contributed by atoms with van der Waals surface area (Å²) in [5.74, 6) is 0.739. The van der Waals surface area contributed by atoms with Gasteiger partial charge < -0.3 is 4.74 Å². The topological polar surface area (TPSA) is 53.1 Å². The standard InChI is InChI=1S/C23H17N3O3S2/c1-24-21(27)15(22(28)25(2)23(24)30)13-14-11-12-20(31-14)26-16-7-3-5-9-18(16)29-19-10-6-4-8-17(19)26/h3-13H,1-2H3. The van der Waals surface area contributed by atoms with Crippen LogP contribution in [-0.4, -0.2) is 40.8 Å². The second kappa shape index (κ2) is 7.33. The van der Waals surface area contributed by atoms with Gasteiger partial charge in [0.2, 0.25) is 0 Å². The third kappa shape index (κ3) is 3.11. The summed E-state index contributed by atoms with van der Waals surface area (Å²) in [4.78, 5) is 30.8. The van der Waals surface area contributed by atoms with Crippen LogP contribution in [0.1, 0.15) is 4.88 Å². The van der Waals surface area contributed by atoms with Gasteiger partial charge >= 0.3 is 0 Å². The van der Waals surface area contributed by atoms with Crippen molar-refractivity contribution >= 4 is 62.9 Å². The number of thiophene rings is 1. The van der Waals surface area contributed by atoms with Gasteiger partial charge in [-0.3, -0.25) is 24.3 Å². The summed E-state index contributed by atoms with van der Waals surface area (Å²) < 4.78 is 6.06. The highest BCUT2D eigenvalue weighted by molar-refractivity contribution is 7.80. The maximum Gasteiger partial charge on any atom is 0.265 e. The van der Waals surface area contributed by atoms with Crippen LogP contribution >= 0.6 is 23.6 Å². The number of likely N-dealkylation sites (N-methyl/N-ethyl adjacent to an activating group) is 2. The Balaban J connectivity index is 1.57. The molecule has 3 aromatic rings. The number of carbonyl (C=O) groups is 2. The number of thiocarbonyl (C=S) groups is 1. The van der Waals surface area contributed by atoms with Gasteiger partial charge in [0.15, 0.2) is 16.6 Å². The summed E-state index contributed by atoms with van der Waals surface area (Å²) in [5.41, 5.74) is 1.95. The van der Waals surface area contributed by atoms with Crippen LogP contribution in [0.2, 0.25) is 0 Å². The van der Waals surface area contributed by atoms with Gasteiger partial charge in [0.1, 0.15) is 10.6 Å². The van der Waals surface area contributed by atoms with Crippen molar-refractivity contribution in [3.63, 3.8) is 0 Å². The normalized spacial score (nSPS) is 15.6. The highest BCUT2D eigenvalue weighted by Crippen LogP contribution is 2.51. The first-order chi connectivity index (χ1) is 15.0. The van der Waals surface area contributed by atoms with Crippen LogP contribution < -0.4 is 9.64 Å². The third-order valence-electron chi connectivity index (χ3n) is 5.20. The Labute approximate surface area is 188 Å². The maximum atomic E-state index is 12.6. The van der Waals surface area contributed by atoms with Crippen LogP contribution in [-0.2, 0) is 9.59 Å². The zero-order valence-electron chi connectivity index (χ0n) is 16.7. The third-order valence-corrected chi connectivity index (χ3v) is 6.76. The number of rotatable bonds is 2. The lowest BCUT2D eigenvalue weighted by atomic mass is 10.1. The molecule has 31 heavy (non-hydrogen) atoms. The number of benzene rings is 2. The Morgan fingerprint density at radius 1 is 0.839 bits per heavy atom. The number of carbonyl (C=O) groups excluding carboxylic acids is 2. The largest absolute Gasteiger partial charge is 0.453 e. The second-order valence-corrected chi connectivity index (χ2v) is 8.58. The molecular formula is C23H17N3O3S2. The molecule has 0 unspecified atom stereocenters. The molecule has 6 nitrogen and oxygen atoms in total. The number of ether oxygens (including phenoxy) is 1. The van der Waals surface area contributed by atoms with E-state index in [0.717, 1.165) is 32.8 Å². The molecular weight excluding hydrogens is 430 g/mol. The summed E-state index contributed by atoms with van der Waals surface area (Å²) in [6, 6.07) is 19.6. The first kappa shape index (κ1) is 19.5. The van der Waals surface area contributed by atoms with E-state index in [2.05, 4.69) is 4.90 Å². The smallest absolute Gasteiger partial charge is 0.265 e. The summed E-state index contributed by atoms with van der Waals surface area (Å²) in [6.07, 6.45) is 1.63. The monoisotopic (exact) mass is 447 g/mol. The number of anilines is 3. The van der Waals surface area contributed by atoms with Crippen molar-refractivity contribution in [2.45, 2.75) is 0 Å². The quantitative estimate of drug-likeness (QED) is 0.248. The van der Waals surface area contributed by atoms with E-state index in [9.17, 15) is 9.59 Å². The van der Waals surface area contributed by atoms with Gasteiger partial charge in [-0.15, -0.1) is 11.3 Å². The summed E-state index contributed by atoms with van der Waals surface area (Å²) in [6.45, 7) is 0. The Kier molecular flexibility index (Phi) is 4.60. The molecule has 0 atom stereocenters. The first-order valence-corrected chi connectivity index (χ1v) is 10.8. The molecule has 5 rings (SSSR count). The lowest BCUT2D eigenvalue weighted by Gasteiger charge is -2.32. The Hall–Kier alpha value is -3.49. The average molecular weight is 448 g/mol. The van der Waals surface area contributed by atoms with Crippen molar-refractivity contribution in [1.82, 2.24) is 9.80 Å². The van der Waals surface area contributed by atoms with Gasteiger partial charge in [-0.05, 0) is 54.7 Å². The molecule has 2 amide bonds. The predicted octanol–water partition coefficient (Wildman–Crippen LogP) is 4.92. The highest BCUT2D eigenvalue weighted by Gasteiger charge is 2.35. The average Bonchev–Trinajstić information content (AvgIpc) is 3.25. The zero-order chi connectivity index (χ0) is 21.7. The van der Waals surface area contributed by atoms with Crippen molar-refractivity contribution in [3.05, 3.63) is 71.1 Å². The van der Waals surface area contributed by atoms with Crippen LogP contribution in [0.5, 0.6) is 11.5 Å². The van der Waals surface area contributed by atoms with Crippen molar-refractivity contribution < 1.29 is 14.3 Å². The van der Waals surface area contributed by atoms with E-state index in [1.807, 2.05) is 60.7 Å². The number of fused-ring (bicyclic) bond motifs is 2. The molecule has 2 aromatic carbocycles. The van der Waals surface area contributed by atoms with Gasteiger partial charge in [0, 0.05) is 19.0 Å². The Morgan fingerprint density at radius 3 is 1.97 bits per heavy atom. The van der Waals surface area contributed by atoms with Crippen molar-refractivity contribution in [1.29, 1.82) is 0 Å². The summed E-state index contributed by atoms with van der Waals surface area (Å²) >= 11 is 6.64. The highest BCUT2D eigenvalue weighted by atomic mass is 32.1. The molecule has 1 fully saturated rings. The molecule has 1 aromatic heterocycles. The number of nitrogens with zero attached hydrogens (tertiary/aromatic N) is 3. The van der Waals surface area contributed by atoms with Gasteiger partial charge in [0.05, 0.1) is 11.4 Å². The number of hydrogen-bond acceptors (Lipinski definition) is 6. The first-order valence-electron chi connectivity index (χ1n) is 9.53. The van der Waals surface area contributed by atoms with Crippen LogP contribution in [0.3, 0.4) is 0 Å². The van der Waals surface area contributed by atoms with Crippen molar-refractivity contribution in [2.75, 3.05) is 19.0 Å². The number of para-hydroxylation sites is 4. The zero-order valence-corrected chi connectivity index (χ0v) is 18.4. The van der Waals surface area contributed by atoms with Gasteiger partial charge in [-0.2, -0.15) is 0 Å². The summed E-state index contributed by atoms with van der Waals surface area (Å²) in [5, 5.41) is 1.14. The van der Waals surface area contributed by atoms with Gasteiger partial charge in [0.25, 0.3) is 11.8 Å². The predicted molar refractivity (Wildman–Crippen MR) is 125 cm³/mol. The van der Waals surface area contributed by atoms with Gasteiger partial charge in [-0.25, -0.2) is 0 Å². The van der Waals surface area contributed by atoms with Crippen LogP contribution in [0.25, 0.3) is 6.08 Å². The van der Waals surface area contributed by atoms with Crippen molar-refractivity contribution in [2.24, 2.45) is 0 Å². The molecule has 3 heterocycles. The van der Waals surface area contributed by atoms with E-state index >= 15 is 0 Å². The lowest BCUT2D eigenvalue weighted by Crippen LogP contribution is -2.52. The van der Waals surface area contributed by atoms with E-state index in [4.69, 9.17) is 17.0 Å². The van der Waals surface area contributed by atoms with Crippen LogP contribution in [0.15, 0.2) is 66.2 Å². The molecule has 0 aliphatic carbocycles. The lowest BCUT2D eigenvalue weighted by molar-refractivity contribution is -0.132. The van der Waals surface area contributed by atoms with E-state index in [0.29, 0.717) is 0 Å². The molecule has 2 aliphatic heterocycles. The SMILES string of the molecule is CN1C(=O)C(=Cc2ccc(N3c4ccccc4Oc4ccccc43)s2)C(=O)N(C)C1=S. The number of hydrogen-bond donors (Lipinski definition) is 0. The molecule has 154 valence electrons. The van der Waals surface area contributed by atoms with Crippen LogP contribution in [0, 0.1) is 0 Å². The van der Waals surface area contributed by atoms with E-state index < -0.39 is 11.8 Å². The van der Waals surface area contributed by atoms with Crippen LogP contribution in [0.4, 0.5) is 16.4 Å². The molecule has 1 saturated heterocycles. The summed E-state index contributed by atoms with van der Waals surface area (Å²) in [7, 11) is 3.14. The molecule has 0 N–H and O–H groups in total. The molecule has 2 aliphatic rings. The van der Waals surface area contributed by atoms with E-state index in [1.165, 1.54) is 21.1 Å². The van der Waals surface area contributed by atoms with E-state index in [-0.39, 0.29) is 10.7 Å². The fraction of sp³-hybridized carbons (Fsp3) is 0.0870. The Morgan fingerprint density at radius 2 is 1.39 bits per heavy atom. The fourth-order valence-corrected chi connectivity index (χ4v) is 4.74. The minimum absolute atomic E-state index is 0.0924. The minimum Gasteiger partial charge on any atom is -0.453 e. The molecule has 0 spiro atoms. The number of amides is 2. The Bertz CT molecular complexity index is 1210. The van der Waals surface area contributed by atoms with Crippen molar-refractivity contribution in [3.8, 4) is 11.5 Å². The maximum absolute atomic E-state index is 12.6.